The van der Waals surface area contributed by atoms with Gasteiger partial charge in [0.1, 0.15) is 11.8 Å². The highest BCUT2D eigenvalue weighted by Crippen LogP contribution is 2.29. The summed E-state index contributed by atoms with van der Waals surface area (Å²) < 4.78 is 5.00. The molecule has 0 aliphatic heterocycles. The summed E-state index contributed by atoms with van der Waals surface area (Å²) in [6, 6.07) is 23.9. The lowest BCUT2D eigenvalue weighted by atomic mass is 9.84. The first-order valence-electron chi connectivity index (χ1n) is 8.87. The van der Waals surface area contributed by atoms with Gasteiger partial charge in [-0.1, -0.05) is 60.7 Å². The number of carbonyl (C=O) groups is 2. The predicted molar refractivity (Wildman–Crippen MR) is 106 cm³/mol. The maximum absolute atomic E-state index is 12.8. The highest BCUT2D eigenvalue weighted by atomic mass is 16.5. The number of benzene rings is 3. The van der Waals surface area contributed by atoms with Crippen LogP contribution in [0.5, 0.6) is 5.75 Å². The fraction of sp³-hybridized carbons (Fsp3) is 0.130. The number of hydrogen-bond donors (Lipinski definition) is 2. The maximum atomic E-state index is 12.8. The van der Waals surface area contributed by atoms with Crippen molar-refractivity contribution in [1.82, 2.24) is 5.32 Å². The molecule has 28 heavy (non-hydrogen) atoms. The zero-order valence-corrected chi connectivity index (χ0v) is 15.4. The molecule has 0 bridgehead atoms. The molecule has 0 saturated heterocycles. The topological polar surface area (TPSA) is 75.6 Å². The summed E-state index contributed by atoms with van der Waals surface area (Å²) in [5.41, 5.74) is 2.11. The monoisotopic (exact) mass is 375 g/mol. The molecule has 1 atom stereocenters. The van der Waals surface area contributed by atoms with Crippen LogP contribution in [-0.4, -0.2) is 30.1 Å². The van der Waals surface area contributed by atoms with Crippen molar-refractivity contribution < 1.29 is 19.4 Å². The van der Waals surface area contributed by atoms with E-state index >= 15 is 0 Å². The fourth-order valence-electron chi connectivity index (χ4n) is 3.14. The van der Waals surface area contributed by atoms with Crippen LogP contribution in [0.1, 0.15) is 27.4 Å². The quantitative estimate of drug-likeness (QED) is 0.647. The third kappa shape index (κ3) is 4.38. The van der Waals surface area contributed by atoms with E-state index < -0.39 is 23.8 Å². The summed E-state index contributed by atoms with van der Waals surface area (Å²) in [4.78, 5) is 25.4. The summed E-state index contributed by atoms with van der Waals surface area (Å²) in [5, 5.41) is 12.2. The van der Waals surface area contributed by atoms with Gasteiger partial charge < -0.3 is 15.2 Å². The average Bonchev–Trinajstić information content (AvgIpc) is 2.74. The third-order valence-electron chi connectivity index (χ3n) is 4.52. The Morgan fingerprint density at radius 1 is 0.821 bits per heavy atom. The van der Waals surface area contributed by atoms with Gasteiger partial charge in [0.05, 0.1) is 7.11 Å². The molecule has 2 N–H and O–H groups in total. The Kier molecular flexibility index (Phi) is 6.07. The van der Waals surface area contributed by atoms with Gasteiger partial charge in [0.25, 0.3) is 5.91 Å². The molecule has 5 heteroatoms. The number of aromatic hydroxyl groups is 1. The van der Waals surface area contributed by atoms with Crippen LogP contribution >= 0.6 is 0 Å². The lowest BCUT2D eigenvalue weighted by molar-refractivity contribution is -0.143. The van der Waals surface area contributed by atoms with Crippen LogP contribution in [0, 0.1) is 0 Å². The first-order chi connectivity index (χ1) is 13.6. The second-order valence-corrected chi connectivity index (χ2v) is 6.32. The molecule has 3 aromatic carbocycles. The summed E-state index contributed by atoms with van der Waals surface area (Å²) in [6.07, 6.45) is 0. The number of hydrogen-bond acceptors (Lipinski definition) is 4. The lowest BCUT2D eigenvalue weighted by Gasteiger charge is -2.27. The Bertz CT molecular complexity index is 884. The van der Waals surface area contributed by atoms with Crippen molar-refractivity contribution in [3.63, 3.8) is 0 Å². The highest BCUT2D eigenvalue weighted by molar-refractivity contribution is 5.97. The first kappa shape index (κ1) is 19.2. The third-order valence-corrected chi connectivity index (χ3v) is 4.52. The van der Waals surface area contributed by atoms with E-state index in [0.717, 1.165) is 11.1 Å². The van der Waals surface area contributed by atoms with E-state index in [9.17, 15) is 14.7 Å². The van der Waals surface area contributed by atoms with Crippen LogP contribution in [0.3, 0.4) is 0 Å². The van der Waals surface area contributed by atoms with E-state index in [1.807, 2.05) is 60.7 Å². The number of carbonyl (C=O) groups excluding carboxylic acids is 2. The van der Waals surface area contributed by atoms with E-state index in [2.05, 4.69) is 5.32 Å². The Hall–Kier alpha value is -3.60. The Morgan fingerprint density at radius 3 is 1.79 bits per heavy atom. The zero-order valence-electron chi connectivity index (χ0n) is 15.4. The van der Waals surface area contributed by atoms with Crippen molar-refractivity contribution in [2.24, 2.45) is 0 Å². The molecular weight excluding hydrogens is 354 g/mol. The molecule has 0 unspecified atom stereocenters. The predicted octanol–water partition coefficient (Wildman–Crippen LogP) is 3.50. The molecule has 0 aliphatic carbocycles. The highest BCUT2D eigenvalue weighted by Gasteiger charge is 2.33. The minimum Gasteiger partial charge on any atom is -0.508 e. The molecule has 0 fully saturated rings. The van der Waals surface area contributed by atoms with E-state index in [-0.39, 0.29) is 5.75 Å². The van der Waals surface area contributed by atoms with Gasteiger partial charge in [-0.15, -0.1) is 0 Å². The van der Waals surface area contributed by atoms with Crippen molar-refractivity contribution in [1.29, 1.82) is 0 Å². The Labute approximate surface area is 163 Å². The molecule has 1 amide bonds. The number of ether oxygens (including phenoxy) is 1. The molecule has 3 rings (SSSR count). The number of esters is 1. The number of phenols is 1. The number of amides is 1. The van der Waals surface area contributed by atoms with Gasteiger partial charge in [0.2, 0.25) is 0 Å². The van der Waals surface area contributed by atoms with Gasteiger partial charge >= 0.3 is 5.97 Å². The smallest absolute Gasteiger partial charge is 0.329 e. The van der Waals surface area contributed by atoms with E-state index in [1.165, 1.54) is 31.4 Å². The van der Waals surface area contributed by atoms with Gasteiger partial charge in [0, 0.05) is 11.5 Å². The SMILES string of the molecule is COC(=O)[C@H](NC(=O)c1ccc(O)cc1)C(c1ccccc1)c1ccccc1. The summed E-state index contributed by atoms with van der Waals surface area (Å²) in [5.74, 6) is -1.32. The van der Waals surface area contributed by atoms with Gasteiger partial charge in [0.15, 0.2) is 0 Å². The molecule has 3 aromatic rings. The van der Waals surface area contributed by atoms with Crippen molar-refractivity contribution in [2.45, 2.75) is 12.0 Å². The van der Waals surface area contributed by atoms with Crippen LogP contribution in [0.15, 0.2) is 84.9 Å². The van der Waals surface area contributed by atoms with E-state index in [0.29, 0.717) is 5.56 Å². The number of rotatable bonds is 6. The normalized spacial score (nSPS) is 11.6. The van der Waals surface area contributed by atoms with E-state index in [4.69, 9.17) is 4.74 Å². The molecule has 0 heterocycles. The van der Waals surface area contributed by atoms with Crippen molar-refractivity contribution in [2.75, 3.05) is 7.11 Å². The summed E-state index contributed by atoms with van der Waals surface area (Å²) in [6.45, 7) is 0. The maximum Gasteiger partial charge on any atom is 0.329 e. The number of methoxy groups -OCH3 is 1. The van der Waals surface area contributed by atoms with Gasteiger partial charge in [-0.3, -0.25) is 4.79 Å². The lowest BCUT2D eigenvalue weighted by Crippen LogP contribution is -2.46. The number of phenolic OH excluding ortho intramolecular Hbond substituents is 1. The van der Waals surface area contributed by atoms with Gasteiger partial charge in [-0.2, -0.15) is 0 Å². The molecule has 0 radical (unpaired) electrons. The van der Waals surface area contributed by atoms with Gasteiger partial charge in [-0.05, 0) is 35.4 Å². The molecule has 0 spiro atoms. The van der Waals surface area contributed by atoms with Crippen LogP contribution in [0.25, 0.3) is 0 Å². The van der Waals surface area contributed by atoms with Gasteiger partial charge in [-0.25, -0.2) is 4.79 Å². The second kappa shape index (κ2) is 8.86. The Morgan fingerprint density at radius 2 is 1.32 bits per heavy atom. The van der Waals surface area contributed by atoms with Crippen molar-refractivity contribution in [3.8, 4) is 5.75 Å². The zero-order chi connectivity index (χ0) is 19.9. The van der Waals surface area contributed by atoms with Crippen molar-refractivity contribution >= 4 is 11.9 Å². The number of nitrogens with one attached hydrogen (secondary N) is 1. The fourth-order valence-corrected chi connectivity index (χ4v) is 3.14. The average molecular weight is 375 g/mol. The van der Waals surface area contributed by atoms with E-state index in [1.54, 1.807) is 0 Å². The minimum absolute atomic E-state index is 0.0625. The van der Waals surface area contributed by atoms with Crippen LogP contribution in [-0.2, 0) is 9.53 Å². The Balaban J connectivity index is 2.00. The van der Waals surface area contributed by atoms with Crippen LogP contribution < -0.4 is 5.32 Å². The first-order valence-corrected chi connectivity index (χ1v) is 8.87. The standard InChI is InChI=1S/C23H21NO4/c1-28-23(27)21(24-22(26)18-12-14-19(25)15-13-18)20(16-8-4-2-5-9-16)17-10-6-3-7-11-17/h2-15,20-21,25H,1H3,(H,24,26)/t21-/m1/s1. The summed E-state index contributed by atoms with van der Waals surface area (Å²) in [7, 11) is 1.30. The van der Waals surface area contributed by atoms with Crippen LogP contribution in [0.4, 0.5) is 0 Å². The minimum atomic E-state index is -0.920. The summed E-state index contributed by atoms with van der Waals surface area (Å²) >= 11 is 0. The van der Waals surface area contributed by atoms with Crippen molar-refractivity contribution in [3.05, 3.63) is 102 Å². The molecular formula is C23H21NO4. The molecule has 142 valence electrons. The second-order valence-electron chi connectivity index (χ2n) is 6.32. The van der Waals surface area contributed by atoms with Crippen LogP contribution in [0.2, 0.25) is 0 Å². The molecule has 0 saturated carbocycles. The molecule has 0 aliphatic rings. The molecule has 0 aromatic heterocycles. The molecule has 5 nitrogen and oxygen atoms in total. The largest absolute Gasteiger partial charge is 0.508 e.